The molecule has 1 N–H and O–H groups in total. The van der Waals surface area contributed by atoms with Gasteiger partial charge in [-0.1, -0.05) is 41.5 Å². The van der Waals surface area contributed by atoms with Crippen molar-refractivity contribution in [3.63, 3.8) is 0 Å². The third-order valence-electron chi connectivity index (χ3n) is 12.8. The van der Waals surface area contributed by atoms with Crippen LogP contribution in [0.3, 0.4) is 0 Å². The van der Waals surface area contributed by atoms with E-state index in [-0.39, 0.29) is 53.8 Å². The highest BCUT2D eigenvalue weighted by molar-refractivity contribution is 7.22. The van der Waals surface area contributed by atoms with Gasteiger partial charge in [-0.3, -0.25) is 33.6 Å². The number of ether oxygens (including phenoxy) is 1. The summed E-state index contributed by atoms with van der Waals surface area (Å²) in [5.74, 6) is -4.35. The number of phenols is 1. The van der Waals surface area contributed by atoms with Crippen LogP contribution in [0.25, 0.3) is 26.7 Å². The summed E-state index contributed by atoms with van der Waals surface area (Å²) in [4.78, 5) is 73.9. The molecule has 0 radical (unpaired) electrons. The highest BCUT2D eigenvalue weighted by atomic mass is 35.5. The van der Waals surface area contributed by atoms with E-state index in [2.05, 4.69) is 0 Å². The molecule has 58 heavy (non-hydrogen) atoms. The number of allylic oxidation sites excluding steroid dienone is 3. The minimum Gasteiger partial charge on any atom is -0.504 e. The van der Waals surface area contributed by atoms with Crippen LogP contribution >= 0.6 is 22.9 Å². The van der Waals surface area contributed by atoms with Crippen LogP contribution in [0.1, 0.15) is 48.2 Å². The molecule has 6 unspecified atom stereocenters. The molecule has 5 aromatic rings. The number of nitrogens with zero attached hydrogens (tertiary/aromatic N) is 4. The summed E-state index contributed by atoms with van der Waals surface area (Å²) >= 11 is 7.89. The van der Waals surface area contributed by atoms with Crippen LogP contribution in [0, 0.1) is 41.9 Å². The highest BCUT2D eigenvalue weighted by Crippen LogP contribution is 2.61. The molecule has 6 atom stereocenters. The number of hydrogen-bond acceptors (Lipinski definition) is 9. The molecule has 2 aliphatic carbocycles. The second-order valence-corrected chi connectivity index (χ2v) is 17.3. The van der Waals surface area contributed by atoms with Crippen molar-refractivity contribution < 1.29 is 33.8 Å². The Morgan fingerprint density at radius 1 is 0.983 bits per heavy atom. The Morgan fingerprint density at radius 2 is 1.74 bits per heavy atom. The number of imide groups is 2. The number of thiophene rings is 1. The number of aryl methyl sites for hydroxylation is 2. The minimum atomic E-state index is -1.26. The smallest absolute Gasteiger partial charge is 0.242 e. The lowest BCUT2D eigenvalue weighted by Gasteiger charge is -2.47. The van der Waals surface area contributed by atoms with Gasteiger partial charge in [0.2, 0.25) is 23.6 Å². The molecule has 3 fully saturated rings. The van der Waals surface area contributed by atoms with Crippen LogP contribution in [-0.2, 0) is 26.2 Å². The summed E-state index contributed by atoms with van der Waals surface area (Å²) in [5.41, 5.74) is 2.75. The molecule has 4 amide bonds. The lowest BCUT2D eigenvalue weighted by Crippen LogP contribution is -2.49. The molecule has 294 valence electrons. The number of anilines is 2. The Hall–Kier alpha value is -5.85. The maximum absolute atomic E-state index is 15.1. The summed E-state index contributed by atoms with van der Waals surface area (Å²) in [6, 6.07) is 18.9. The molecule has 2 aromatic heterocycles. The Kier molecular flexibility index (Phi) is 8.86. The van der Waals surface area contributed by atoms with Crippen LogP contribution < -0.4 is 14.5 Å². The van der Waals surface area contributed by atoms with E-state index in [1.165, 1.54) is 29.9 Å². The number of amides is 4. The van der Waals surface area contributed by atoms with Gasteiger partial charge in [-0.05, 0) is 111 Å². The number of methoxy groups -OCH3 is 1. The second-order valence-electron chi connectivity index (χ2n) is 15.8. The molecule has 0 bridgehead atoms. The van der Waals surface area contributed by atoms with E-state index < -0.39 is 35.0 Å². The molecule has 13 heteroatoms. The van der Waals surface area contributed by atoms with Gasteiger partial charge in [-0.25, -0.2) is 4.90 Å². The Labute approximate surface area is 343 Å². The van der Waals surface area contributed by atoms with Gasteiger partial charge >= 0.3 is 0 Å². The van der Waals surface area contributed by atoms with Crippen molar-refractivity contribution in [2.24, 2.45) is 42.1 Å². The molecular formula is C45H39ClN4O7S. The largest absolute Gasteiger partial charge is 0.504 e. The zero-order valence-corrected chi connectivity index (χ0v) is 33.9. The first-order valence-electron chi connectivity index (χ1n) is 19.1. The molecular weight excluding hydrogens is 776 g/mol. The van der Waals surface area contributed by atoms with Crippen LogP contribution in [0.2, 0.25) is 5.02 Å². The van der Waals surface area contributed by atoms with E-state index in [4.69, 9.17) is 21.4 Å². The van der Waals surface area contributed by atoms with Gasteiger partial charge in [0.05, 0.1) is 40.8 Å². The number of phenolic OH excluding ortho intramolecular Hbond substituents is 1. The second kappa shape index (κ2) is 13.6. The number of carbonyl (C=O) groups is 5. The van der Waals surface area contributed by atoms with Gasteiger partial charge < -0.3 is 9.84 Å². The maximum Gasteiger partial charge on any atom is 0.242 e. The summed E-state index contributed by atoms with van der Waals surface area (Å²) in [5, 5.41) is 16.7. The van der Waals surface area contributed by atoms with E-state index in [9.17, 15) is 24.3 Å². The lowest BCUT2D eigenvalue weighted by atomic mass is 9.52. The fourth-order valence-electron chi connectivity index (χ4n) is 9.76. The van der Waals surface area contributed by atoms with Gasteiger partial charge in [0.1, 0.15) is 11.5 Å². The highest BCUT2D eigenvalue weighted by Gasteiger charge is 2.67. The normalized spacial score (nSPS) is 25.4. The van der Waals surface area contributed by atoms with Gasteiger partial charge in [0.25, 0.3) is 0 Å². The molecule has 3 aromatic carbocycles. The third-order valence-corrected chi connectivity index (χ3v) is 14.3. The molecule has 4 aliphatic rings. The molecule has 2 saturated heterocycles. The zero-order valence-electron chi connectivity index (χ0n) is 32.4. The van der Waals surface area contributed by atoms with Gasteiger partial charge in [0, 0.05) is 34.3 Å². The average Bonchev–Trinajstić information content (AvgIpc) is 3.88. The lowest BCUT2D eigenvalue weighted by molar-refractivity contribution is -0.132. The van der Waals surface area contributed by atoms with Crippen molar-refractivity contribution in [2.45, 2.75) is 33.6 Å². The van der Waals surface area contributed by atoms with Gasteiger partial charge in [-0.15, -0.1) is 11.3 Å². The number of Topliss-reactive ketones (excluding diaryl/α,β-unsaturated/α-hetero) is 1. The molecule has 9 rings (SSSR count). The standard InChI is InChI=1S/C45H39ClN4O7S/c1-22-30-19-26(46)10-17-37(30)58-40(22)34-21-38(48(4)47-34)50-42(54)33-20-31-28(32(45(33,3)44(50)56)15-6-24-7-16-35(52)36(18-24)57-5)13-14-29-39(31)43(55)49(41(29)53)27-11-8-25(9-12-27)23(2)51/h6-13,15-19,21,29,31-33,39,52H,14,20H2,1-5H3. The molecule has 11 nitrogen and oxygen atoms in total. The fourth-order valence-corrected chi connectivity index (χ4v) is 11.1. The number of fused-ring (bicyclic) bond motifs is 5. The monoisotopic (exact) mass is 814 g/mol. The number of rotatable bonds is 7. The van der Waals surface area contributed by atoms with Gasteiger partial charge in [-0.2, -0.15) is 5.10 Å². The molecule has 0 spiro atoms. The number of hydrogen-bond donors (Lipinski definition) is 1. The number of benzene rings is 3. The van der Waals surface area contributed by atoms with Crippen molar-refractivity contribution in [3.8, 4) is 22.1 Å². The maximum atomic E-state index is 15.1. The van der Waals surface area contributed by atoms with Crippen molar-refractivity contribution in [1.29, 1.82) is 0 Å². The Morgan fingerprint density at radius 3 is 2.47 bits per heavy atom. The SMILES string of the molecule is COc1cc(C=CC2C3=CCC4C(=O)N(c5ccc(C(C)=O)cc5)C(=O)C4C3CC3C(=O)N(c4cc(-c5sc6ccc(Cl)cc6c5C)nn4C)C(=O)C23C)ccc1O. The summed E-state index contributed by atoms with van der Waals surface area (Å²) in [6.07, 6.45) is 6.22. The Balaban J connectivity index is 1.13. The van der Waals surface area contributed by atoms with Crippen LogP contribution in [0.15, 0.2) is 84.5 Å². The predicted octanol–water partition coefficient (Wildman–Crippen LogP) is 8.16. The quantitative estimate of drug-likeness (QED) is 0.0987. The zero-order chi connectivity index (χ0) is 40.9. The fraction of sp³-hybridized carbons (Fsp3) is 0.289. The topological polar surface area (TPSA) is 139 Å². The van der Waals surface area contributed by atoms with E-state index in [0.717, 1.165) is 26.1 Å². The van der Waals surface area contributed by atoms with Crippen molar-refractivity contribution in [1.82, 2.24) is 9.78 Å². The first-order chi connectivity index (χ1) is 27.7. The van der Waals surface area contributed by atoms with E-state index in [1.807, 2.05) is 50.3 Å². The number of ketones is 1. The van der Waals surface area contributed by atoms with Crippen molar-refractivity contribution >= 4 is 80.0 Å². The number of aromatic nitrogens is 2. The number of aromatic hydroxyl groups is 1. The van der Waals surface area contributed by atoms with Crippen LogP contribution in [-0.4, -0.2) is 51.4 Å². The minimum absolute atomic E-state index is 0.0206. The third kappa shape index (κ3) is 5.52. The number of halogens is 1. The molecule has 1 saturated carbocycles. The summed E-state index contributed by atoms with van der Waals surface area (Å²) < 4.78 is 7.95. The molecule has 2 aliphatic heterocycles. The van der Waals surface area contributed by atoms with Crippen LogP contribution in [0.5, 0.6) is 11.5 Å². The summed E-state index contributed by atoms with van der Waals surface area (Å²) in [7, 11) is 3.18. The first kappa shape index (κ1) is 37.7. The molecule has 4 heterocycles. The number of carbonyl (C=O) groups excluding carboxylic acids is 5. The van der Waals surface area contributed by atoms with E-state index in [0.29, 0.717) is 33.3 Å². The van der Waals surface area contributed by atoms with Gasteiger partial charge in [0.15, 0.2) is 17.3 Å². The van der Waals surface area contributed by atoms with Crippen LogP contribution in [0.4, 0.5) is 11.5 Å². The first-order valence-corrected chi connectivity index (χ1v) is 20.3. The predicted molar refractivity (Wildman–Crippen MR) is 222 cm³/mol. The average molecular weight is 815 g/mol. The van der Waals surface area contributed by atoms with E-state index in [1.54, 1.807) is 65.5 Å². The van der Waals surface area contributed by atoms with Crippen molar-refractivity contribution in [2.75, 3.05) is 16.9 Å². The van der Waals surface area contributed by atoms with Crippen molar-refractivity contribution in [3.05, 3.63) is 106 Å². The Bertz CT molecular complexity index is 2700. The summed E-state index contributed by atoms with van der Waals surface area (Å²) in [6.45, 7) is 5.28. The van der Waals surface area contributed by atoms with E-state index >= 15 is 4.79 Å².